The molecule has 21 heavy (non-hydrogen) atoms. The van der Waals surface area contributed by atoms with Crippen LogP contribution in [0.25, 0.3) is 0 Å². The lowest BCUT2D eigenvalue weighted by molar-refractivity contribution is -0.138. The molecule has 0 heterocycles. The second kappa shape index (κ2) is 7.10. The summed E-state index contributed by atoms with van der Waals surface area (Å²) in [4.78, 5) is 10.9. The van der Waals surface area contributed by atoms with Gasteiger partial charge in [0.05, 0.1) is 0 Å². The largest absolute Gasteiger partial charge is 0.508 e. The lowest BCUT2D eigenvalue weighted by Crippen LogP contribution is -2.32. The third-order valence-electron chi connectivity index (χ3n) is 2.87. The Morgan fingerprint density at radius 3 is 2.10 bits per heavy atom. The topological polar surface area (TPSA) is 78.8 Å². The number of phenolic OH excluding ortho intramolecular Hbond substituents is 1. The number of hydrogen-bond acceptors (Lipinski definition) is 4. The van der Waals surface area contributed by atoms with Crippen LogP contribution in [0.2, 0.25) is 0 Å². The molecule has 0 saturated carbocycles. The maximum Gasteiger partial charge on any atom is 0.321 e. The van der Waals surface area contributed by atoms with Gasteiger partial charge >= 0.3 is 5.97 Å². The molecule has 110 valence electrons. The molecule has 0 unspecified atom stereocenters. The molecule has 2 aromatic rings. The number of carboxylic acids is 1. The Morgan fingerprint density at radius 2 is 1.62 bits per heavy atom. The van der Waals surface area contributed by atoms with Crippen LogP contribution in [0, 0.1) is 0 Å². The molecule has 0 aromatic heterocycles. The van der Waals surface area contributed by atoms with Crippen molar-refractivity contribution in [3.63, 3.8) is 0 Å². The molecule has 2 aromatic carbocycles. The van der Waals surface area contributed by atoms with Crippen molar-refractivity contribution < 1.29 is 19.7 Å². The number of ether oxygens (including phenoxy) is 1. The minimum absolute atomic E-state index is 0.180. The zero-order valence-electron chi connectivity index (χ0n) is 11.0. The number of aromatic hydroxyl groups is 1. The van der Waals surface area contributed by atoms with Crippen molar-refractivity contribution in [1.29, 1.82) is 0 Å². The number of phenols is 1. The van der Waals surface area contributed by atoms with Crippen LogP contribution in [0.15, 0.2) is 48.5 Å². The fourth-order valence-electron chi connectivity index (χ4n) is 1.75. The molecule has 6 heteroatoms. The highest BCUT2D eigenvalue weighted by Crippen LogP contribution is 2.23. The Balaban J connectivity index is 2.01. The third-order valence-corrected chi connectivity index (χ3v) is 3.42. The van der Waals surface area contributed by atoms with Gasteiger partial charge in [-0.15, -0.1) is 0 Å². The van der Waals surface area contributed by atoms with Crippen molar-refractivity contribution in [3.05, 3.63) is 54.1 Å². The SMILES string of the molecule is O=C(O)[C@H](Cc1ccc(Oc2ccc(O)cc2)cc1)NBr. The van der Waals surface area contributed by atoms with Gasteiger partial charge in [-0.1, -0.05) is 12.1 Å². The summed E-state index contributed by atoms with van der Waals surface area (Å²) in [5, 5.41) is 18.2. The lowest BCUT2D eigenvalue weighted by Gasteiger charge is -2.11. The standard InChI is InChI=1S/C15H14BrNO4/c16-17-14(15(19)20)9-10-1-5-12(6-2-10)21-13-7-3-11(18)4-8-13/h1-8,14,17-18H,9H2,(H,19,20)/t14-/m0/s1. The number of nitrogens with one attached hydrogen (secondary N) is 1. The number of halogens is 1. The maximum absolute atomic E-state index is 10.9. The van der Waals surface area contributed by atoms with Gasteiger partial charge in [-0.25, -0.2) is 4.34 Å². The van der Waals surface area contributed by atoms with E-state index in [9.17, 15) is 9.90 Å². The van der Waals surface area contributed by atoms with Crippen molar-refractivity contribution in [3.8, 4) is 17.2 Å². The van der Waals surface area contributed by atoms with Gasteiger partial charge in [-0.05, 0) is 48.4 Å². The molecule has 0 aliphatic heterocycles. The van der Waals surface area contributed by atoms with E-state index < -0.39 is 12.0 Å². The van der Waals surface area contributed by atoms with E-state index in [0.29, 0.717) is 17.9 Å². The Hall–Kier alpha value is -2.05. The molecule has 0 saturated heterocycles. The summed E-state index contributed by atoms with van der Waals surface area (Å²) in [6, 6.07) is 12.9. The molecular weight excluding hydrogens is 338 g/mol. The summed E-state index contributed by atoms with van der Waals surface area (Å²) in [5.41, 5.74) is 0.882. The fourth-order valence-corrected chi connectivity index (χ4v) is 2.11. The Bertz CT molecular complexity index is 598. The van der Waals surface area contributed by atoms with Crippen LogP contribution >= 0.6 is 16.1 Å². The predicted octanol–water partition coefficient (Wildman–Crippen LogP) is 3.08. The number of hydrogen-bond donors (Lipinski definition) is 3. The summed E-state index contributed by atoms with van der Waals surface area (Å²) in [6.45, 7) is 0. The second-order valence-electron chi connectivity index (χ2n) is 4.44. The monoisotopic (exact) mass is 351 g/mol. The average Bonchev–Trinajstić information content (AvgIpc) is 2.48. The lowest BCUT2D eigenvalue weighted by atomic mass is 10.1. The quantitative estimate of drug-likeness (QED) is 0.697. The molecule has 0 aliphatic rings. The van der Waals surface area contributed by atoms with Gasteiger partial charge in [-0.3, -0.25) is 4.79 Å². The minimum Gasteiger partial charge on any atom is -0.508 e. The van der Waals surface area contributed by atoms with Crippen LogP contribution in [0.4, 0.5) is 0 Å². The summed E-state index contributed by atoms with van der Waals surface area (Å²) in [5.74, 6) is 0.519. The van der Waals surface area contributed by atoms with E-state index in [-0.39, 0.29) is 5.75 Å². The van der Waals surface area contributed by atoms with E-state index in [1.165, 1.54) is 0 Å². The number of benzene rings is 2. The Morgan fingerprint density at radius 1 is 1.10 bits per heavy atom. The summed E-state index contributed by atoms with van der Waals surface area (Å²) in [6.07, 6.45) is 0.361. The van der Waals surface area contributed by atoms with Crippen LogP contribution in [-0.2, 0) is 11.2 Å². The van der Waals surface area contributed by atoms with E-state index in [1.54, 1.807) is 36.4 Å². The van der Waals surface area contributed by atoms with Gasteiger partial charge < -0.3 is 14.9 Å². The molecule has 0 aliphatic carbocycles. The van der Waals surface area contributed by atoms with Crippen LogP contribution in [0.1, 0.15) is 5.56 Å². The van der Waals surface area contributed by atoms with E-state index in [0.717, 1.165) is 5.56 Å². The number of carboxylic acid groups (broad SMARTS) is 1. The third kappa shape index (κ3) is 4.47. The van der Waals surface area contributed by atoms with E-state index in [2.05, 4.69) is 20.5 Å². The van der Waals surface area contributed by atoms with Gasteiger partial charge in [0.2, 0.25) is 0 Å². The molecule has 0 fully saturated rings. The molecule has 0 amide bonds. The molecule has 3 N–H and O–H groups in total. The summed E-state index contributed by atoms with van der Waals surface area (Å²) in [7, 11) is 0. The van der Waals surface area contributed by atoms with Gasteiger partial charge in [0, 0.05) is 16.1 Å². The normalized spacial score (nSPS) is 11.9. The Labute approximate surface area is 130 Å². The van der Waals surface area contributed by atoms with Gasteiger partial charge in [0.25, 0.3) is 0 Å². The molecule has 5 nitrogen and oxygen atoms in total. The van der Waals surface area contributed by atoms with E-state index in [4.69, 9.17) is 9.84 Å². The highest BCUT2D eigenvalue weighted by atomic mass is 79.9. The fraction of sp³-hybridized carbons (Fsp3) is 0.133. The molecule has 0 spiro atoms. The van der Waals surface area contributed by atoms with Gasteiger partial charge in [0.1, 0.15) is 23.3 Å². The Kier molecular flexibility index (Phi) is 5.19. The first-order valence-corrected chi connectivity index (χ1v) is 7.02. The molecule has 1 atom stereocenters. The smallest absolute Gasteiger partial charge is 0.321 e. The predicted molar refractivity (Wildman–Crippen MR) is 81.8 cm³/mol. The van der Waals surface area contributed by atoms with Crippen LogP contribution in [0.3, 0.4) is 0 Å². The van der Waals surface area contributed by atoms with Crippen LogP contribution in [-0.4, -0.2) is 22.2 Å². The highest BCUT2D eigenvalue weighted by molar-refractivity contribution is 9.08. The zero-order valence-corrected chi connectivity index (χ0v) is 12.6. The summed E-state index contributed by atoms with van der Waals surface area (Å²) < 4.78 is 8.18. The maximum atomic E-state index is 10.9. The van der Waals surface area contributed by atoms with Gasteiger partial charge in [-0.2, -0.15) is 0 Å². The average molecular weight is 352 g/mol. The van der Waals surface area contributed by atoms with Crippen molar-refractivity contribution in [2.24, 2.45) is 0 Å². The zero-order chi connectivity index (χ0) is 15.2. The summed E-state index contributed by atoms with van der Waals surface area (Å²) >= 11 is 2.96. The molecule has 2 rings (SSSR count). The number of carbonyl (C=O) groups is 1. The number of aliphatic carboxylic acids is 1. The van der Waals surface area contributed by atoms with E-state index >= 15 is 0 Å². The van der Waals surface area contributed by atoms with Crippen molar-refractivity contribution in [2.75, 3.05) is 0 Å². The molecule has 0 bridgehead atoms. The first-order chi connectivity index (χ1) is 10.1. The number of rotatable bonds is 6. The van der Waals surface area contributed by atoms with Crippen molar-refractivity contribution in [1.82, 2.24) is 4.34 Å². The van der Waals surface area contributed by atoms with E-state index in [1.807, 2.05) is 12.1 Å². The first kappa shape index (κ1) is 15.3. The second-order valence-corrected chi connectivity index (χ2v) is 4.90. The van der Waals surface area contributed by atoms with Crippen LogP contribution in [0.5, 0.6) is 17.2 Å². The van der Waals surface area contributed by atoms with Gasteiger partial charge in [0.15, 0.2) is 0 Å². The van der Waals surface area contributed by atoms with Crippen molar-refractivity contribution >= 4 is 22.1 Å². The molecular formula is C15H14BrNO4. The highest BCUT2D eigenvalue weighted by Gasteiger charge is 2.15. The first-order valence-electron chi connectivity index (χ1n) is 6.23. The molecule has 0 radical (unpaired) electrons. The minimum atomic E-state index is -0.920. The van der Waals surface area contributed by atoms with Crippen LogP contribution < -0.4 is 9.08 Å². The van der Waals surface area contributed by atoms with Crippen molar-refractivity contribution in [2.45, 2.75) is 12.5 Å².